The maximum absolute atomic E-state index is 12.6. The van der Waals surface area contributed by atoms with E-state index >= 15 is 0 Å². The number of rotatable bonds is 5. The third-order valence-corrected chi connectivity index (χ3v) is 4.47. The zero-order valence-corrected chi connectivity index (χ0v) is 13.1. The van der Waals surface area contributed by atoms with Crippen LogP contribution in [0.15, 0.2) is 36.4 Å². The van der Waals surface area contributed by atoms with Crippen LogP contribution in [0, 0.1) is 0 Å². The largest absolute Gasteiger partial charge is 0.376 e. The van der Waals surface area contributed by atoms with Crippen molar-refractivity contribution in [3.63, 3.8) is 0 Å². The minimum atomic E-state index is -0.0799. The number of nitrogens with one attached hydrogen (secondary N) is 1. The van der Waals surface area contributed by atoms with Gasteiger partial charge in [-0.2, -0.15) is 5.10 Å². The van der Waals surface area contributed by atoms with E-state index in [1.54, 1.807) is 4.68 Å². The maximum Gasteiger partial charge on any atom is 0.270 e. The van der Waals surface area contributed by atoms with Crippen molar-refractivity contribution in [1.29, 1.82) is 0 Å². The van der Waals surface area contributed by atoms with Crippen LogP contribution in [0.3, 0.4) is 0 Å². The Hall–Kier alpha value is -2.14. The highest BCUT2D eigenvalue weighted by Crippen LogP contribution is 2.39. The Balaban J connectivity index is 1.57. The molecule has 1 saturated heterocycles. The number of carbonyl (C=O) groups is 1. The molecule has 1 aromatic carbocycles. The molecule has 2 heterocycles. The first-order valence-electron chi connectivity index (χ1n) is 8.36. The van der Waals surface area contributed by atoms with Gasteiger partial charge in [-0.3, -0.25) is 4.79 Å². The summed E-state index contributed by atoms with van der Waals surface area (Å²) in [6.45, 7) is 1.37. The Labute approximate surface area is 135 Å². The molecule has 5 heteroatoms. The molecule has 0 radical (unpaired) electrons. The lowest BCUT2D eigenvalue weighted by Crippen LogP contribution is -2.33. The fraction of sp³-hybridized carbons (Fsp3) is 0.444. The molecule has 1 aromatic heterocycles. The molecule has 1 N–H and O–H groups in total. The summed E-state index contributed by atoms with van der Waals surface area (Å²) >= 11 is 0. The highest BCUT2D eigenvalue weighted by molar-refractivity contribution is 5.93. The van der Waals surface area contributed by atoms with E-state index < -0.39 is 0 Å². The van der Waals surface area contributed by atoms with Crippen molar-refractivity contribution in [2.75, 3.05) is 13.2 Å². The van der Waals surface area contributed by atoms with Crippen LogP contribution in [0.5, 0.6) is 0 Å². The molecule has 120 valence electrons. The third kappa shape index (κ3) is 3.15. The molecule has 23 heavy (non-hydrogen) atoms. The van der Waals surface area contributed by atoms with Crippen molar-refractivity contribution in [1.82, 2.24) is 15.1 Å². The van der Waals surface area contributed by atoms with Gasteiger partial charge < -0.3 is 10.1 Å². The average molecular weight is 311 g/mol. The van der Waals surface area contributed by atoms with Crippen LogP contribution in [0.2, 0.25) is 0 Å². The molecule has 1 aliphatic heterocycles. The highest BCUT2D eigenvalue weighted by Gasteiger charge is 2.29. The summed E-state index contributed by atoms with van der Waals surface area (Å²) in [4.78, 5) is 12.6. The molecule has 1 saturated carbocycles. The molecule has 2 aliphatic rings. The minimum Gasteiger partial charge on any atom is -0.376 e. The van der Waals surface area contributed by atoms with Gasteiger partial charge in [0.05, 0.1) is 17.5 Å². The summed E-state index contributed by atoms with van der Waals surface area (Å²) in [5.74, 6) is 0.438. The number of hydrogen-bond donors (Lipinski definition) is 1. The summed E-state index contributed by atoms with van der Waals surface area (Å²) in [7, 11) is 0. The fourth-order valence-electron chi connectivity index (χ4n) is 3.01. The van der Waals surface area contributed by atoms with Gasteiger partial charge in [-0.1, -0.05) is 18.2 Å². The van der Waals surface area contributed by atoms with Gasteiger partial charge in [0, 0.05) is 19.1 Å². The first-order chi connectivity index (χ1) is 11.3. The van der Waals surface area contributed by atoms with Crippen LogP contribution in [0.4, 0.5) is 0 Å². The monoisotopic (exact) mass is 311 g/mol. The lowest BCUT2D eigenvalue weighted by atomic mass is 10.2. The van der Waals surface area contributed by atoms with E-state index in [2.05, 4.69) is 10.4 Å². The van der Waals surface area contributed by atoms with E-state index in [9.17, 15) is 4.79 Å². The molecule has 0 spiro atoms. The van der Waals surface area contributed by atoms with Crippen molar-refractivity contribution >= 4 is 5.91 Å². The van der Waals surface area contributed by atoms with Gasteiger partial charge in [0.1, 0.15) is 5.69 Å². The number of carbonyl (C=O) groups excluding carboxylic acids is 1. The average Bonchev–Trinajstić information content (AvgIpc) is 3.13. The van der Waals surface area contributed by atoms with E-state index in [1.165, 1.54) is 12.8 Å². The van der Waals surface area contributed by atoms with Crippen molar-refractivity contribution in [3.8, 4) is 5.69 Å². The van der Waals surface area contributed by atoms with E-state index in [1.807, 2.05) is 36.4 Å². The van der Waals surface area contributed by atoms with Gasteiger partial charge in [-0.05, 0) is 43.9 Å². The van der Waals surface area contributed by atoms with Gasteiger partial charge in [-0.15, -0.1) is 0 Å². The van der Waals surface area contributed by atoms with Gasteiger partial charge >= 0.3 is 0 Å². The summed E-state index contributed by atoms with van der Waals surface area (Å²) < 4.78 is 7.33. The lowest BCUT2D eigenvalue weighted by Gasteiger charge is -2.11. The van der Waals surface area contributed by atoms with E-state index in [0.717, 1.165) is 30.8 Å². The van der Waals surface area contributed by atoms with Crippen LogP contribution >= 0.6 is 0 Å². The normalized spacial score (nSPS) is 20.6. The first-order valence-corrected chi connectivity index (χ1v) is 8.36. The Kier molecular flexibility index (Phi) is 3.87. The number of aromatic nitrogens is 2. The second-order valence-electron chi connectivity index (χ2n) is 6.32. The van der Waals surface area contributed by atoms with E-state index in [4.69, 9.17) is 4.74 Å². The first kappa shape index (κ1) is 14.5. The Bertz CT molecular complexity index is 686. The van der Waals surface area contributed by atoms with E-state index in [-0.39, 0.29) is 12.0 Å². The SMILES string of the molecule is O=C(NCC1CCCO1)c1cc(C2CC2)nn1-c1ccccc1. The zero-order valence-electron chi connectivity index (χ0n) is 13.1. The topological polar surface area (TPSA) is 56.1 Å². The number of nitrogens with zero attached hydrogens (tertiary/aromatic N) is 2. The predicted molar refractivity (Wildman–Crippen MR) is 86.8 cm³/mol. The van der Waals surface area contributed by atoms with Crippen LogP contribution in [0.1, 0.15) is 47.8 Å². The Morgan fingerprint density at radius 2 is 2.09 bits per heavy atom. The lowest BCUT2D eigenvalue weighted by molar-refractivity contribution is 0.0851. The Morgan fingerprint density at radius 3 is 2.78 bits per heavy atom. The summed E-state index contributed by atoms with van der Waals surface area (Å²) in [5, 5.41) is 7.67. The van der Waals surface area contributed by atoms with Gasteiger partial charge in [0.2, 0.25) is 0 Å². The Morgan fingerprint density at radius 1 is 1.26 bits per heavy atom. The summed E-state index contributed by atoms with van der Waals surface area (Å²) in [6.07, 6.45) is 4.58. The zero-order chi connectivity index (χ0) is 15.6. The fourth-order valence-corrected chi connectivity index (χ4v) is 3.01. The molecule has 0 bridgehead atoms. The van der Waals surface area contributed by atoms with Crippen LogP contribution < -0.4 is 5.32 Å². The van der Waals surface area contributed by atoms with Crippen molar-refractivity contribution < 1.29 is 9.53 Å². The highest BCUT2D eigenvalue weighted by atomic mass is 16.5. The molecule has 1 amide bonds. The quantitative estimate of drug-likeness (QED) is 0.923. The molecule has 5 nitrogen and oxygen atoms in total. The van der Waals surface area contributed by atoms with Crippen LogP contribution in [-0.2, 0) is 4.74 Å². The molecule has 1 aliphatic carbocycles. The van der Waals surface area contributed by atoms with Crippen LogP contribution in [-0.4, -0.2) is 34.9 Å². The molecule has 2 fully saturated rings. The second kappa shape index (κ2) is 6.16. The maximum atomic E-state index is 12.6. The second-order valence-corrected chi connectivity index (χ2v) is 6.32. The van der Waals surface area contributed by atoms with Gasteiger partial charge in [0.15, 0.2) is 0 Å². The number of amides is 1. The molecule has 1 unspecified atom stereocenters. The molecule has 1 atom stereocenters. The summed E-state index contributed by atoms with van der Waals surface area (Å²) in [6, 6.07) is 11.8. The molecular weight excluding hydrogens is 290 g/mol. The number of para-hydroxylation sites is 1. The predicted octanol–water partition coefficient (Wildman–Crippen LogP) is 2.66. The van der Waals surface area contributed by atoms with Crippen molar-refractivity contribution in [2.24, 2.45) is 0 Å². The molecule has 2 aromatic rings. The molecular formula is C18H21N3O2. The van der Waals surface area contributed by atoms with Crippen molar-refractivity contribution in [3.05, 3.63) is 47.8 Å². The van der Waals surface area contributed by atoms with Gasteiger partial charge in [-0.25, -0.2) is 4.68 Å². The number of benzene rings is 1. The van der Waals surface area contributed by atoms with Gasteiger partial charge in [0.25, 0.3) is 5.91 Å². The van der Waals surface area contributed by atoms with Crippen molar-refractivity contribution in [2.45, 2.75) is 37.7 Å². The number of hydrogen-bond acceptors (Lipinski definition) is 3. The number of ether oxygens (including phenoxy) is 1. The standard InChI is InChI=1S/C18H21N3O2/c22-18(19-12-15-7-4-10-23-15)17-11-16(13-8-9-13)20-21(17)14-5-2-1-3-6-14/h1-3,5-6,11,13,15H,4,7-10,12H2,(H,19,22). The minimum absolute atomic E-state index is 0.0799. The van der Waals surface area contributed by atoms with E-state index in [0.29, 0.717) is 18.2 Å². The smallest absolute Gasteiger partial charge is 0.270 e. The summed E-state index contributed by atoms with van der Waals surface area (Å²) in [5.41, 5.74) is 2.55. The van der Waals surface area contributed by atoms with Crippen LogP contribution in [0.25, 0.3) is 5.69 Å². The molecule has 4 rings (SSSR count). The third-order valence-electron chi connectivity index (χ3n) is 4.47.